The lowest BCUT2D eigenvalue weighted by Gasteiger charge is -2.32. The molecule has 4 heteroatoms. The smallest absolute Gasteiger partial charge is 0.0958 e. The predicted molar refractivity (Wildman–Crippen MR) is 142 cm³/mol. The van der Waals surface area contributed by atoms with Gasteiger partial charge in [-0.05, 0) is 49.6 Å². The number of hydrogen-bond donors (Lipinski definition) is 0. The minimum absolute atomic E-state index is 0.536. The van der Waals surface area contributed by atoms with Gasteiger partial charge in [0, 0.05) is 0 Å². The van der Waals surface area contributed by atoms with Gasteiger partial charge in [0.25, 0.3) is 0 Å². The maximum absolute atomic E-state index is 7.19. The molecule has 0 saturated carbocycles. The van der Waals surface area contributed by atoms with Crippen LogP contribution in [0.5, 0.6) is 0 Å². The third kappa shape index (κ3) is 5.77. The Balaban J connectivity index is 1.65. The lowest BCUT2D eigenvalue weighted by atomic mass is 10.4. The third-order valence-corrected chi connectivity index (χ3v) is 11.5. The average molecular weight is 481 g/mol. The Kier molecular flexibility index (Phi) is 7.81. The molecule has 0 aromatic heterocycles. The first-order valence-corrected chi connectivity index (χ1v) is 13.9. The van der Waals surface area contributed by atoms with Crippen LogP contribution in [0.3, 0.4) is 0 Å². The highest BCUT2D eigenvalue weighted by molar-refractivity contribution is 7.77. The van der Waals surface area contributed by atoms with E-state index in [1.165, 1.54) is 21.2 Å². The van der Waals surface area contributed by atoms with Gasteiger partial charge in [0.05, 0.1) is 0 Å². The molecule has 0 amide bonds. The molecule has 0 nitrogen and oxygen atoms in total. The highest BCUT2D eigenvalue weighted by atomic mass is 35.5. The summed E-state index contributed by atoms with van der Waals surface area (Å²) in [6.45, 7) is 0. The molecule has 31 heavy (non-hydrogen) atoms. The van der Waals surface area contributed by atoms with Crippen molar-refractivity contribution in [2.75, 3.05) is 6.16 Å². The van der Waals surface area contributed by atoms with Gasteiger partial charge in [-0.2, -0.15) is 0 Å². The van der Waals surface area contributed by atoms with E-state index in [2.05, 4.69) is 109 Å². The van der Waals surface area contributed by atoms with Crippen LogP contribution < -0.4 is 21.2 Å². The second-order valence-corrected chi connectivity index (χ2v) is 14.1. The quantitative estimate of drug-likeness (QED) is 0.192. The molecule has 0 radical (unpaired) electrons. The summed E-state index contributed by atoms with van der Waals surface area (Å²) in [6, 6.07) is 42.4. The van der Waals surface area contributed by atoms with E-state index in [4.69, 9.17) is 23.2 Å². The van der Waals surface area contributed by atoms with Crippen LogP contribution >= 0.6 is 39.0 Å². The summed E-state index contributed by atoms with van der Waals surface area (Å²) in [6.07, 6.45) is 1.66. The van der Waals surface area contributed by atoms with Gasteiger partial charge in [0.15, 0.2) is 0 Å². The standard InChI is InChI=1S/C27H24Cl2P2/c28-27(29,31(25-17-9-3-10-18-25)26-19-11-4-12-20-26)21-22-30(23-13-5-1-6-14-23)24-15-7-2-8-16-24/h1-20H,21-22H2. The molecule has 0 fully saturated rings. The van der Waals surface area contributed by atoms with Crippen molar-refractivity contribution in [2.24, 2.45) is 0 Å². The maximum atomic E-state index is 7.19. The van der Waals surface area contributed by atoms with Crippen molar-refractivity contribution in [1.29, 1.82) is 0 Å². The van der Waals surface area contributed by atoms with Crippen LogP contribution in [0.2, 0.25) is 0 Å². The van der Waals surface area contributed by atoms with E-state index < -0.39 is 19.9 Å². The number of halogens is 2. The highest BCUT2D eigenvalue weighted by Gasteiger charge is 2.37. The number of alkyl halides is 2. The number of benzene rings is 4. The van der Waals surface area contributed by atoms with E-state index in [0.29, 0.717) is 0 Å². The molecule has 4 aromatic carbocycles. The molecular weight excluding hydrogens is 457 g/mol. The number of rotatable bonds is 8. The molecule has 0 spiro atoms. The van der Waals surface area contributed by atoms with Crippen molar-refractivity contribution in [3.05, 3.63) is 121 Å². The largest absolute Gasteiger partial charge is 0.145 e. The van der Waals surface area contributed by atoms with Crippen molar-refractivity contribution in [1.82, 2.24) is 0 Å². The van der Waals surface area contributed by atoms with Gasteiger partial charge in [-0.3, -0.25) is 0 Å². The Labute approximate surface area is 197 Å². The Bertz CT molecular complexity index is 976. The Morgan fingerprint density at radius 3 is 1.16 bits per heavy atom. The van der Waals surface area contributed by atoms with E-state index in [-0.39, 0.29) is 0 Å². The second kappa shape index (κ2) is 10.8. The monoisotopic (exact) mass is 480 g/mol. The summed E-state index contributed by atoms with van der Waals surface area (Å²) in [7, 11) is -1.46. The van der Waals surface area contributed by atoms with Gasteiger partial charge in [-0.25, -0.2) is 0 Å². The van der Waals surface area contributed by atoms with Gasteiger partial charge in [-0.15, -0.1) is 0 Å². The van der Waals surface area contributed by atoms with Crippen LogP contribution in [0.25, 0.3) is 0 Å². The van der Waals surface area contributed by atoms with E-state index in [1.807, 2.05) is 12.1 Å². The summed E-state index contributed by atoms with van der Waals surface area (Å²) in [4.78, 5) is 0. The SMILES string of the molecule is ClC(Cl)(CCP(c1ccccc1)c1ccccc1)P(c1ccccc1)c1ccccc1. The maximum Gasteiger partial charge on any atom is 0.145 e. The summed E-state index contributed by atoms with van der Waals surface area (Å²) in [5, 5.41) is 5.13. The molecule has 0 heterocycles. The molecule has 0 bridgehead atoms. The Hall–Kier alpha value is -1.68. The minimum Gasteiger partial charge on any atom is -0.0958 e. The fraction of sp³-hybridized carbons (Fsp3) is 0.111. The molecule has 0 saturated heterocycles. The van der Waals surface area contributed by atoms with Crippen LogP contribution in [0.4, 0.5) is 0 Å². The van der Waals surface area contributed by atoms with Crippen molar-refractivity contribution in [3.63, 3.8) is 0 Å². The minimum atomic E-state index is -0.921. The lowest BCUT2D eigenvalue weighted by molar-refractivity contribution is 0.987. The first kappa shape index (κ1) is 22.5. The fourth-order valence-corrected chi connectivity index (χ4v) is 10.2. The van der Waals surface area contributed by atoms with E-state index >= 15 is 0 Å². The molecule has 4 aromatic rings. The predicted octanol–water partition coefficient (Wildman–Crippen LogP) is 6.77. The van der Waals surface area contributed by atoms with Gasteiger partial charge >= 0.3 is 0 Å². The van der Waals surface area contributed by atoms with Crippen LogP contribution in [-0.4, -0.2) is 10.2 Å². The third-order valence-electron chi connectivity index (χ3n) is 5.13. The fourth-order valence-electron chi connectivity index (χ4n) is 3.66. The van der Waals surface area contributed by atoms with E-state index in [0.717, 1.165) is 12.6 Å². The van der Waals surface area contributed by atoms with Crippen molar-refractivity contribution < 1.29 is 0 Å². The van der Waals surface area contributed by atoms with Crippen LogP contribution in [0.1, 0.15) is 6.42 Å². The van der Waals surface area contributed by atoms with Crippen molar-refractivity contribution in [2.45, 2.75) is 10.5 Å². The van der Waals surface area contributed by atoms with Gasteiger partial charge < -0.3 is 0 Å². The molecule has 0 aliphatic rings. The summed E-state index contributed by atoms with van der Waals surface area (Å²) >= 11 is 14.4. The Morgan fingerprint density at radius 2 is 0.806 bits per heavy atom. The normalized spacial score (nSPS) is 11.7. The average Bonchev–Trinajstić information content (AvgIpc) is 2.82. The molecule has 156 valence electrons. The lowest BCUT2D eigenvalue weighted by Crippen LogP contribution is -2.27. The molecule has 0 aliphatic heterocycles. The molecule has 0 atom stereocenters. The summed E-state index contributed by atoms with van der Waals surface area (Å²) < 4.78 is -0.859. The molecule has 4 rings (SSSR count). The molecule has 0 unspecified atom stereocenters. The first-order chi connectivity index (χ1) is 15.1. The Morgan fingerprint density at radius 1 is 0.484 bits per heavy atom. The molecular formula is C27H24Cl2P2. The zero-order valence-electron chi connectivity index (χ0n) is 17.1. The van der Waals surface area contributed by atoms with Crippen LogP contribution in [-0.2, 0) is 0 Å². The van der Waals surface area contributed by atoms with Crippen molar-refractivity contribution in [3.8, 4) is 0 Å². The summed E-state index contributed by atoms with van der Waals surface area (Å²) in [5.74, 6) is 0. The van der Waals surface area contributed by atoms with Crippen LogP contribution in [0.15, 0.2) is 121 Å². The van der Waals surface area contributed by atoms with E-state index in [9.17, 15) is 0 Å². The first-order valence-electron chi connectivity index (χ1n) is 10.3. The zero-order chi connectivity index (χ0) is 21.5. The highest BCUT2D eigenvalue weighted by Crippen LogP contribution is 2.57. The second-order valence-electron chi connectivity index (χ2n) is 7.25. The van der Waals surface area contributed by atoms with Gasteiger partial charge in [0.2, 0.25) is 0 Å². The molecule has 0 aliphatic carbocycles. The molecule has 0 N–H and O–H groups in total. The van der Waals surface area contributed by atoms with Gasteiger partial charge in [0.1, 0.15) is 4.07 Å². The number of hydrogen-bond acceptors (Lipinski definition) is 0. The van der Waals surface area contributed by atoms with Gasteiger partial charge in [-0.1, -0.05) is 145 Å². The van der Waals surface area contributed by atoms with Crippen molar-refractivity contribution >= 4 is 60.3 Å². The van der Waals surface area contributed by atoms with Crippen LogP contribution in [0, 0.1) is 0 Å². The topological polar surface area (TPSA) is 0 Å². The summed E-state index contributed by atoms with van der Waals surface area (Å²) in [5.41, 5.74) is 0. The van der Waals surface area contributed by atoms with E-state index in [1.54, 1.807) is 0 Å². The zero-order valence-corrected chi connectivity index (χ0v) is 20.4.